The number of rotatable bonds is 2. The first kappa shape index (κ1) is 17.7. The molecule has 6 nitrogen and oxygen atoms in total. The van der Waals surface area contributed by atoms with Crippen LogP contribution in [0.5, 0.6) is 0 Å². The highest BCUT2D eigenvalue weighted by molar-refractivity contribution is 7.21. The number of pyridine rings is 1. The molecule has 0 saturated carbocycles. The number of anilines is 1. The summed E-state index contributed by atoms with van der Waals surface area (Å²) in [5.41, 5.74) is 7.44. The standard InChI is InChI=1S/C18H24N4O2S/c1-11(23)22-9-5-8-18(2,10-22)13-7-6-12-14(19)15(17(24)21(3)4)25-16(12)20-13/h6-7H,5,8-10,19H2,1-4H3. The summed E-state index contributed by atoms with van der Waals surface area (Å²) in [6.07, 6.45) is 1.95. The molecule has 0 spiro atoms. The molecular formula is C18H24N4O2S. The molecule has 2 amide bonds. The van der Waals surface area contributed by atoms with Crippen LogP contribution in [0.2, 0.25) is 0 Å². The van der Waals surface area contributed by atoms with Gasteiger partial charge < -0.3 is 15.5 Å². The minimum Gasteiger partial charge on any atom is -0.397 e. The third kappa shape index (κ3) is 3.08. The molecule has 1 atom stereocenters. The first-order valence-electron chi connectivity index (χ1n) is 8.39. The number of amides is 2. The van der Waals surface area contributed by atoms with Gasteiger partial charge in [-0.25, -0.2) is 4.98 Å². The average Bonchev–Trinajstić information content (AvgIpc) is 2.90. The van der Waals surface area contributed by atoms with Crippen molar-refractivity contribution in [2.75, 3.05) is 32.9 Å². The van der Waals surface area contributed by atoms with Crippen molar-refractivity contribution in [3.05, 3.63) is 22.7 Å². The van der Waals surface area contributed by atoms with Gasteiger partial charge in [-0.2, -0.15) is 0 Å². The number of thiophene rings is 1. The topological polar surface area (TPSA) is 79.5 Å². The van der Waals surface area contributed by atoms with Crippen molar-refractivity contribution in [3.8, 4) is 0 Å². The van der Waals surface area contributed by atoms with E-state index in [9.17, 15) is 9.59 Å². The van der Waals surface area contributed by atoms with E-state index >= 15 is 0 Å². The van der Waals surface area contributed by atoms with Crippen molar-refractivity contribution in [3.63, 3.8) is 0 Å². The molecule has 0 aliphatic carbocycles. The van der Waals surface area contributed by atoms with Gasteiger partial charge in [0.05, 0.1) is 5.69 Å². The maximum absolute atomic E-state index is 12.3. The smallest absolute Gasteiger partial charge is 0.265 e. The average molecular weight is 360 g/mol. The Kier molecular flexibility index (Phi) is 4.45. The van der Waals surface area contributed by atoms with Crippen molar-refractivity contribution in [2.24, 2.45) is 0 Å². The zero-order chi connectivity index (χ0) is 18.4. The Morgan fingerprint density at radius 1 is 1.36 bits per heavy atom. The van der Waals surface area contributed by atoms with Gasteiger partial charge in [-0.3, -0.25) is 9.59 Å². The van der Waals surface area contributed by atoms with Gasteiger partial charge in [-0.05, 0) is 25.0 Å². The second-order valence-corrected chi connectivity index (χ2v) is 8.20. The zero-order valence-corrected chi connectivity index (χ0v) is 15.9. The molecule has 1 unspecified atom stereocenters. The van der Waals surface area contributed by atoms with E-state index in [1.807, 2.05) is 17.0 Å². The van der Waals surface area contributed by atoms with Gasteiger partial charge in [0.1, 0.15) is 9.71 Å². The largest absolute Gasteiger partial charge is 0.397 e. The number of carbonyl (C=O) groups excluding carboxylic acids is 2. The predicted molar refractivity (Wildman–Crippen MR) is 101 cm³/mol. The van der Waals surface area contributed by atoms with Gasteiger partial charge in [0, 0.05) is 50.6 Å². The number of hydrogen-bond donors (Lipinski definition) is 1. The van der Waals surface area contributed by atoms with Crippen molar-refractivity contribution in [2.45, 2.75) is 32.1 Å². The normalized spacial score (nSPS) is 20.7. The number of aromatic nitrogens is 1. The Morgan fingerprint density at radius 2 is 2.08 bits per heavy atom. The number of nitrogen functional groups attached to an aromatic ring is 1. The predicted octanol–water partition coefficient (Wildman–Crippen LogP) is 2.48. The fourth-order valence-electron chi connectivity index (χ4n) is 3.41. The van der Waals surface area contributed by atoms with Crippen LogP contribution in [0.4, 0.5) is 5.69 Å². The number of nitrogens with zero attached hydrogens (tertiary/aromatic N) is 3. The number of nitrogens with two attached hydrogens (primary N) is 1. The highest BCUT2D eigenvalue weighted by atomic mass is 32.1. The van der Waals surface area contributed by atoms with Crippen LogP contribution in [0, 0.1) is 0 Å². The minimum absolute atomic E-state index is 0.103. The van der Waals surface area contributed by atoms with Gasteiger partial charge in [-0.1, -0.05) is 6.92 Å². The second-order valence-electron chi connectivity index (χ2n) is 7.20. The van der Waals surface area contributed by atoms with Crippen LogP contribution in [0.25, 0.3) is 10.2 Å². The van der Waals surface area contributed by atoms with Gasteiger partial charge in [-0.15, -0.1) is 11.3 Å². The molecule has 134 valence electrons. The first-order chi connectivity index (χ1) is 11.7. The van der Waals surface area contributed by atoms with Crippen molar-refractivity contribution in [1.29, 1.82) is 0 Å². The Labute approximate surface area is 151 Å². The number of likely N-dealkylation sites (tertiary alicyclic amines) is 1. The van der Waals surface area contributed by atoms with E-state index in [0.29, 0.717) is 17.1 Å². The molecule has 3 heterocycles. The van der Waals surface area contributed by atoms with Crippen LogP contribution in [-0.4, -0.2) is 53.8 Å². The molecular weight excluding hydrogens is 336 g/mol. The van der Waals surface area contributed by atoms with Gasteiger partial charge in [0.25, 0.3) is 5.91 Å². The Hall–Kier alpha value is -2.15. The lowest BCUT2D eigenvalue weighted by Gasteiger charge is -2.39. The van der Waals surface area contributed by atoms with Crippen LogP contribution in [-0.2, 0) is 10.2 Å². The molecule has 3 rings (SSSR count). The minimum atomic E-state index is -0.178. The Morgan fingerprint density at radius 3 is 2.72 bits per heavy atom. The van der Waals surface area contributed by atoms with E-state index in [0.717, 1.165) is 35.3 Å². The molecule has 2 N–H and O–H groups in total. The lowest BCUT2D eigenvalue weighted by molar-refractivity contribution is -0.130. The Bertz CT molecular complexity index is 845. The number of hydrogen-bond acceptors (Lipinski definition) is 5. The molecule has 0 bridgehead atoms. The molecule has 25 heavy (non-hydrogen) atoms. The summed E-state index contributed by atoms with van der Waals surface area (Å²) in [5, 5.41) is 0.821. The summed E-state index contributed by atoms with van der Waals surface area (Å²) in [6, 6.07) is 3.94. The van der Waals surface area contributed by atoms with E-state index in [2.05, 4.69) is 6.92 Å². The molecule has 1 aliphatic heterocycles. The summed E-state index contributed by atoms with van der Waals surface area (Å²) in [6.45, 7) is 5.24. The molecule has 0 radical (unpaired) electrons. The van der Waals surface area contributed by atoms with E-state index in [-0.39, 0.29) is 17.2 Å². The van der Waals surface area contributed by atoms with Gasteiger partial charge in [0.15, 0.2) is 0 Å². The molecule has 1 fully saturated rings. The summed E-state index contributed by atoms with van der Waals surface area (Å²) >= 11 is 1.34. The van der Waals surface area contributed by atoms with Crippen molar-refractivity contribution >= 4 is 39.1 Å². The fraction of sp³-hybridized carbons (Fsp3) is 0.500. The highest BCUT2D eigenvalue weighted by Gasteiger charge is 2.35. The maximum Gasteiger partial charge on any atom is 0.265 e. The first-order valence-corrected chi connectivity index (χ1v) is 9.21. The van der Waals surface area contributed by atoms with E-state index < -0.39 is 0 Å². The van der Waals surface area contributed by atoms with Crippen LogP contribution >= 0.6 is 11.3 Å². The summed E-state index contributed by atoms with van der Waals surface area (Å²) in [7, 11) is 3.43. The van der Waals surface area contributed by atoms with E-state index in [1.54, 1.807) is 21.0 Å². The monoisotopic (exact) mass is 360 g/mol. The van der Waals surface area contributed by atoms with Crippen LogP contribution in [0.3, 0.4) is 0 Å². The lowest BCUT2D eigenvalue weighted by atomic mass is 9.78. The van der Waals surface area contributed by atoms with E-state index in [4.69, 9.17) is 10.7 Å². The number of piperidine rings is 1. The SMILES string of the molecule is CC(=O)N1CCCC(C)(c2ccc3c(N)c(C(=O)N(C)C)sc3n2)C1. The number of fused-ring (bicyclic) bond motifs is 1. The Balaban J connectivity index is 2.01. The highest BCUT2D eigenvalue weighted by Crippen LogP contribution is 2.37. The van der Waals surface area contributed by atoms with Crippen LogP contribution in [0.1, 0.15) is 42.1 Å². The molecule has 2 aromatic heterocycles. The summed E-state index contributed by atoms with van der Waals surface area (Å²) in [4.78, 5) is 33.6. The molecule has 7 heteroatoms. The van der Waals surface area contributed by atoms with Crippen molar-refractivity contribution < 1.29 is 9.59 Å². The second kappa shape index (κ2) is 6.29. The van der Waals surface area contributed by atoms with Crippen LogP contribution < -0.4 is 5.73 Å². The summed E-state index contributed by atoms with van der Waals surface area (Å²) < 4.78 is 0. The quantitative estimate of drug-likeness (QED) is 0.892. The van der Waals surface area contributed by atoms with Crippen LogP contribution in [0.15, 0.2) is 12.1 Å². The fourth-order valence-corrected chi connectivity index (χ4v) is 4.53. The van der Waals surface area contributed by atoms with Gasteiger partial charge in [0.2, 0.25) is 5.91 Å². The maximum atomic E-state index is 12.3. The van der Waals surface area contributed by atoms with Crippen molar-refractivity contribution in [1.82, 2.24) is 14.8 Å². The van der Waals surface area contributed by atoms with E-state index in [1.165, 1.54) is 16.2 Å². The number of carbonyl (C=O) groups is 2. The third-order valence-electron chi connectivity index (χ3n) is 4.95. The lowest BCUT2D eigenvalue weighted by Crippen LogP contribution is -2.46. The molecule has 1 saturated heterocycles. The molecule has 1 aliphatic rings. The zero-order valence-electron chi connectivity index (χ0n) is 15.1. The molecule has 0 aromatic carbocycles. The molecule has 2 aromatic rings. The van der Waals surface area contributed by atoms with Gasteiger partial charge >= 0.3 is 0 Å². The summed E-state index contributed by atoms with van der Waals surface area (Å²) in [5.74, 6) is -0.0000741. The third-order valence-corrected chi connectivity index (χ3v) is 6.06.